The molecule has 0 saturated carbocycles. The van der Waals surface area contributed by atoms with E-state index in [9.17, 15) is 18.3 Å². The minimum absolute atomic E-state index is 0.107. The van der Waals surface area contributed by atoms with Crippen molar-refractivity contribution in [1.82, 2.24) is 4.31 Å². The SMILES string of the molecule is O=C(O)c1ccc(CS(=O)(=O)N2CCOCC2CO)cc1. The number of aromatic carboxylic acids is 1. The fourth-order valence-electron chi connectivity index (χ4n) is 2.19. The van der Waals surface area contributed by atoms with Gasteiger partial charge in [-0.25, -0.2) is 13.2 Å². The number of hydrogen-bond acceptors (Lipinski definition) is 5. The van der Waals surface area contributed by atoms with E-state index in [2.05, 4.69) is 0 Å². The number of morpholine rings is 1. The minimum atomic E-state index is -3.58. The molecule has 0 aliphatic carbocycles. The van der Waals surface area contributed by atoms with Gasteiger partial charge in [0.2, 0.25) is 10.0 Å². The van der Waals surface area contributed by atoms with Crippen LogP contribution in [0, 0.1) is 0 Å². The second kappa shape index (κ2) is 6.52. The van der Waals surface area contributed by atoms with Crippen LogP contribution in [0.1, 0.15) is 15.9 Å². The number of aliphatic hydroxyl groups is 1. The van der Waals surface area contributed by atoms with Crippen LogP contribution >= 0.6 is 0 Å². The topological polar surface area (TPSA) is 104 Å². The maximum Gasteiger partial charge on any atom is 0.335 e. The van der Waals surface area contributed by atoms with Gasteiger partial charge in [0.1, 0.15) is 0 Å². The number of ether oxygens (including phenoxy) is 1. The van der Waals surface area contributed by atoms with Crippen molar-refractivity contribution in [3.8, 4) is 0 Å². The molecule has 1 aromatic rings. The van der Waals surface area contributed by atoms with E-state index in [0.29, 0.717) is 12.2 Å². The molecule has 1 unspecified atom stereocenters. The number of hydrogen-bond donors (Lipinski definition) is 2. The Labute approximate surface area is 122 Å². The minimum Gasteiger partial charge on any atom is -0.478 e. The monoisotopic (exact) mass is 315 g/mol. The lowest BCUT2D eigenvalue weighted by Crippen LogP contribution is -2.50. The quantitative estimate of drug-likeness (QED) is 0.787. The normalized spacial score (nSPS) is 20.3. The summed E-state index contributed by atoms with van der Waals surface area (Å²) < 4.78 is 31.2. The van der Waals surface area contributed by atoms with Crippen LogP contribution in [0.25, 0.3) is 0 Å². The lowest BCUT2D eigenvalue weighted by atomic mass is 10.1. The standard InChI is InChI=1S/C13H17NO6S/c15-7-12-8-20-6-5-14(12)21(18,19)9-10-1-3-11(4-2-10)13(16)17/h1-4,12,15H,5-9H2,(H,16,17). The predicted molar refractivity (Wildman–Crippen MR) is 74.4 cm³/mol. The maximum absolute atomic E-state index is 12.4. The summed E-state index contributed by atoms with van der Waals surface area (Å²) in [6.45, 7) is 0.388. The zero-order valence-corrected chi connectivity index (χ0v) is 12.1. The van der Waals surface area contributed by atoms with E-state index in [-0.39, 0.29) is 31.1 Å². The Morgan fingerprint density at radius 3 is 2.57 bits per heavy atom. The third kappa shape index (κ3) is 3.79. The van der Waals surface area contributed by atoms with Gasteiger partial charge < -0.3 is 14.9 Å². The van der Waals surface area contributed by atoms with Gasteiger partial charge in [-0.15, -0.1) is 0 Å². The molecular formula is C13H17NO6S. The van der Waals surface area contributed by atoms with E-state index in [1.54, 1.807) is 0 Å². The molecule has 1 aliphatic rings. The smallest absolute Gasteiger partial charge is 0.335 e. The summed E-state index contributed by atoms with van der Waals surface area (Å²) >= 11 is 0. The third-order valence-electron chi connectivity index (χ3n) is 3.29. The van der Waals surface area contributed by atoms with Gasteiger partial charge in [-0.1, -0.05) is 12.1 Å². The van der Waals surface area contributed by atoms with E-state index in [0.717, 1.165) is 0 Å². The Morgan fingerprint density at radius 1 is 1.33 bits per heavy atom. The van der Waals surface area contributed by atoms with E-state index < -0.39 is 22.0 Å². The molecule has 1 aliphatic heterocycles. The van der Waals surface area contributed by atoms with Crippen molar-refractivity contribution < 1.29 is 28.2 Å². The van der Waals surface area contributed by atoms with Crippen LogP contribution in [-0.2, 0) is 20.5 Å². The Balaban J connectivity index is 2.14. The first-order valence-electron chi connectivity index (χ1n) is 6.44. The summed E-state index contributed by atoms with van der Waals surface area (Å²) in [5.74, 6) is -1.29. The van der Waals surface area contributed by atoms with Crippen LogP contribution < -0.4 is 0 Å². The molecule has 0 aromatic heterocycles. The number of carboxylic acids is 1. The molecule has 1 heterocycles. The highest BCUT2D eigenvalue weighted by Gasteiger charge is 2.32. The summed E-state index contributed by atoms with van der Waals surface area (Å²) in [7, 11) is -3.58. The predicted octanol–water partition coefficient (Wildman–Crippen LogP) is -0.0923. The van der Waals surface area contributed by atoms with Gasteiger partial charge in [0.25, 0.3) is 0 Å². The van der Waals surface area contributed by atoms with Crippen molar-refractivity contribution in [3.63, 3.8) is 0 Å². The number of benzene rings is 1. The average molecular weight is 315 g/mol. The molecule has 0 spiro atoms. The van der Waals surface area contributed by atoms with Gasteiger partial charge >= 0.3 is 5.97 Å². The van der Waals surface area contributed by atoms with E-state index in [1.165, 1.54) is 28.6 Å². The fraction of sp³-hybridized carbons (Fsp3) is 0.462. The number of carbonyl (C=O) groups is 1. The third-order valence-corrected chi connectivity index (χ3v) is 5.18. The number of rotatable bonds is 5. The molecule has 0 bridgehead atoms. The molecule has 1 saturated heterocycles. The summed E-state index contributed by atoms with van der Waals surface area (Å²) in [5.41, 5.74) is 0.610. The number of nitrogens with zero attached hydrogens (tertiary/aromatic N) is 1. The van der Waals surface area contributed by atoms with Gasteiger partial charge in [0.05, 0.1) is 37.2 Å². The van der Waals surface area contributed by atoms with E-state index >= 15 is 0 Å². The molecule has 1 fully saturated rings. The Bertz CT molecular complexity index is 598. The molecule has 0 radical (unpaired) electrons. The van der Waals surface area contributed by atoms with Crippen LogP contribution in [0.15, 0.2) is 24.3 Å². The Kier molecular flexibility index (Phi) is 4.94. The molecule has 2 N–H and O–H groups in total. The van der Waals surface area contributed by atoms with Crippen molar-refractivity contribution in [3.05, 3.63) is 35.4 Å². The van der Waals surface area contributed by atoms with Gasteiger partial charge in [0, 0.05) is 6.54 Å². The van der Waals surface area contributed by atoms with Crippen LogP contribution in [0.2, 0.25) is 0 Å². The molecule has 116 valence electrons. The average Bonchev–Trinajstić information content (AvgIpc) is 2.47. The van der Waals surface area contributed by atoms with Gasteiger partial charge in [0.15, 0.2) is 0 Å². The van der Waals surface area contributed by atoms with Gasteiger partial charge in [-0.3, -0.25) is 0 Å². The summed E-state index contributed by atoms with van der Waals surface area (Å²) in [6, 6.07) is 5.14. The lowest BCUT2D eigenvalue weighted by Gasteiger charge is -2.33. The first kappa shape index (κ1) is 15.9. The highest BCUT2D eigenvalue weighted by molar-refractivity contribution is 7.88. The number of sulfonamides is 1. The van der Waals surface area contributed by atoms with Crippen molar-refractivity contribution in [1.29, 1.82) is 0 Å². The van der Waals surface area contributed by atoms with E-state index in [1.807, 2.05) is 0 Å². The van der Waals surface area contributed by atoms with Crippen molar-refractivity contribution >= 4 is 16.0 Å². The zero-order chi connectivity index (χ0) is 15.5. The zero-order valence-electron chi connectivity index (χ0n) is 11.3. The highest BCUT2D eigenvalue weighted by Crippen LogP contribution is 2.17. The Morgan fingerprint density at radius 2 is 2.00 bits per heavy atom. The van der Waals surface area contributed by atoms with Crippen LogP contribution in [0.4, 0.5) is 0 Å². The molecule has 1 aromatic carbocycles. The van der Waals surface area contributed by atoms with Crippen LogP contribution in [-0.4, -0.2) is 61.3 Å². The van der Waals surface area contributed by atoms with Crippen molar-refractivity contribution in [2.24, 2.45) is 0 Å². The maximum atomic E-state index is 12.4. The number of carboxylic acid groups (broad SMARTS) is 1. The van der Waals surface area contributed by atoms with Crippen molar-refractivity contribution in [2.45, 2.75) is 11.8 Å². The summed E-state index contributed by atoms with van der Waals surface area (Å²) in [6.07, 6.45) is 0. The number of aliphatic hydroxyl groups excluding tert-OH is 1. The van der Waals surface area contributed by atoms with Crippen LogP contribution in [0.3, 0.4) is 0 Å². The summed E-state index contributed by atoms with van der Waals surface area (Å²) in [5, 5.41) is 18.0. The highest BCUT2D eigenvalue weighted by atomic mass is 32.2. The second-order valence-electron chi connectivity index (χ2n) is 4.78. The first-order valence-corrected chi connectivity index (χ1v) is 8.05. The van der Waals surface area contributed by atoms with Crippen LogP contribution in [0.5, 0.6) is 0 Å². The first-order chi connectivity index (χ1) is 9.94. The second-order valence-corrected chi connectivity index (χ2v) is 6.70. The van der Waals surface area contributed by atoms with Gasteiger partial charge in [-0.05, 0) is 17.7 Å². The molecule has 7 nitrogen and oxygen atoms in total. The van der Waals surface area contributed by atoms with E-state index in [4.69, 9.17) is 9.84 Å². The molecular weight excluding hydrogens is 298 g/mol. The molecule has 8 heteroatoms. The lowest BCUT2D eigenvalue weighted by molar-refractivity contribution is 0.0108. The molecule has 1 atom stereocenters. The summed E-state index contributed by atoms with van der Waals surface area (Å²) in [4.78, 5) is 10.8. The van der Waals surface area contributed by atoms with Gasteiger partial charge in [-0.2, -0.15) is 4.31 Å². The fourth-order valence-corrected chi connectivity index (χ4v) is 3.90. The van der Waals surface area contributed by atoms with Crippen molar-refractivity contribution in [2.75, 3.05) is 26.4 Å². The molecule has 2 rings (SSSR count). The molecule has 21 heavy (non-hydrogen) atoms. The largest absolute Gasteiger partial charge is 0.478 e. The molecule has 0 amide bonds. The Hall–Kier alpha value is -1.48.